The SMILES string of the molecule is CCCCCCC(=O)C=CC1CCC(=O)C1CC=CCCC(=O)O. The molecule has 1 saturated carbocycles. The van der Waals surface area contributed by atoms with Crippen LogP contribution in [-0.2, 0) is 14.4 Å². The van der Waals surface area contributed by atoms with Crippen molar-refractivity contribution < 1.29 is 19.5 Å². The second kappa shape index (κ2) is 11.8. The van der Waals surface area contributed by atoms with Crippen LogP contribution in [0.1, 0.15) is 71.1 Å². The number of unbranched alkanes of at least 4 members (excludes halogenated alkanes) is 3. The Morgan fingerprint density at radius 2 is 1.96 bits per heavy atom. The molecular formula is C20H30O4. The highest BCUT2D eigenvalue weighted by Crippen LogP contribution is 2.32. The van der Waals surface area contributed by atoms with Crippen LogP contribution in [-0.4, -0.2) is 22.6 Å². The molecule has 2 atom stereocenters. The van der Waals surface area contributed by atoms with Crippen molar-refractivity contribution in [3.05, 3.63) is 24.3 Å². The molecule has 1 N–H and O–H groups in total. The molecule has 0 aromatic heterocycles. The molecule has 0 spiro atoms. The first-order valence-electron chi connectivity index (χ1n) is 9.15. The number of carboxylic acid groups (broad SMARTS) is 1. The van der Waals surface area contributed by atoms with E-state index >= 15 is 0 Å². The molecule has 4 heteroatoms. The number of hydrogen-bond donors (Lipinski definition) is 1. The molecule has 4 nitrogen and oxygen atoms in total. The van der Waals surface area contributed by atoms with Gasteiger partial charge in [0.25, 0.3) is 0 Å². The highest BCUT2D eigenvalue weighted by Gasteiger charge is 2.31. The van der Waals surface area contributed by atoms with E-state index in [1.165, 1.54) is 6.42 Å². The van der Waals surface area contributed by atoms with Crippen LogP contribution in [0.15, 0.2) is 24.3 Å². The Labute approximate surface area is 145 Å². The van der Waals surface area contributed by atoms with Gasteiger partial charge in [-0.05, 0) is 37.7 Å². The molecule has 0 amide bonds. The van der Waals surface area contributed by atoms with Crippen LogP contribution in [0, 0.1) is 11.8 Å². The van der Waals surface area contributed by atoms with Crippen molar-refractivity contribution in [1.29, 1.82) is 0 Å². The molecule has 0 radical (unpaired) electrons. The van der Waals surface area contributed by atoms with Crippen molar-refractivity contribution in [2.45, 2.75) is 71.1 Å². The largest absolute Gasteiger partial charge is 0.481 e. The number of carbonyl (C=O) groups is 3. The van der Waals surface area contributed by atoms with E-state index in [4.69, 9.17) is 5.11 Å². The lowest BCUT2D eigenvalue weighted by Gasteiger charge is -2.12. The van der Waals surface area contributed by atoms with Crippen molar-refractivity contribution in [2.24, 2.45) is 11.8 Å². The quantitative estimate of drug-likeness (QED) is 0.324. The van der Waals surface area contributed by atoms with Crippen LogP contribution in [0.25, 0.3) is 0 Å². The molecule has 0 heterocycles. The van der Waals surface area contributed by atoms with Crippen LogP contribution in [0.5, 0.6) is 0 Å². The van der Waals surface area contributed by atoms with Gasteiger partial charge in [0, 0.05) is 25.2 Å². The molecule has 1 aliphatic carbocycles. The summed E-state index contributed by atoms with van der Waals surface area (Å²) < 4.78 is 0. The molecule has 134 valence electrons. The number of Topliss-reactive ketones (excluding diaryl/α,β-unsaturated/α-hetero) is 1. The van der Waals surface area contributed by atoms with Crippen molar-refractivity contribution in [1.82, 2.24) is 0 Å². The van der Waals surface area contributed by atoms with E-state index in [9.17, 15) is 14.4 Å². The maximum Gasteiger partial charge on any atom is 0.303 e. The highest BCUT2D eigenvalue weighted by molar-refractivity contribution is 5.90. The van der Waals surface area contributed by atoms with Gasteiger partial charge in [-0.2, -0.15) is 0 Å². The maximum atomic E-state index is 12.0. The molecule has 24 heavy (non-hydrogen) atoms. The highest BCUT2D eigenvalue weighted by atomic mass is 16.4. The maximum absolute atomic E-state index is 12.0. The number of allylic oxidation sites excluding steroid dienone is 4. The summed E-state index contributed by atoms with van der Waals surface area (Å²) in [4.78, 5) is 34.3. The fourth-order valence-electron chi connectivity index (χ4n) is 3.08. The monoisotopic (exact) mass is 334 g/mol. The van der Waals surface area contributed by atoms with E-state index in [1.807, 2.05) is 18.2 Å². The average molecular weight is 334 g/mol. The predicted octanol–water partition coefficient (Wildman–Crippen LogP) is 4.49. The molecule has 0 saturated heterocycles. The van der Waals surface area contributed by atoms with E-state index in [1.54, 1.807) is 6.08 Å². The molecule has 0 aliphatic heterocycles. The first-order valence-corrected chi connectivity index (χ1v) is 9.15. The van der Waals surface area contributed by atoms with Crippen molar-refractivity contribution in [2.75, 3.05) is 0 Å². The minimum atomic E-state index is -0.810. The van der Waals surface area contributed by atoms with Crippen LogP contribution >= 0.6 is 0 Å². The fraction of sp³-hybridized carbons (Fsp3) is 0.650. The molecule has 1 fully saturated rings. The molecule has 0 aromatic rings. The van der Waals surface area contributed by atoms with Crippen LogP contribution in [0.2, 0.25) is 0 Å². The number of rotatable bonds is 12. The number of aliphatic carboxylic acids is 1. The molecule has 1 rings (SSSR count). The summed E-state index contributed by atoms with van der Waals surface area (Å²) in [6.07, 6.45) is 14.9. The summed E-state index contributed by atoms with van der Waals surface area (Å²) in [5, 5.41) is 8.59. The Balaban J connectivity index is 2.39. The van der Waals surface area contributed by atoms with Gasteiger partial charge in [-0.25, -0.2) is 0 Å². The number of hydrogen-bond acceptors (Lipinski definition) is 3. The third-order valence-electron chi connectivity index (χ3n) is 4.54. The molecular weight excluding hydrogens is 304 g/mol. The number of carbonyl (C=O) groups excluding carboxylic acids is 2. The smallest absolute Gasteiger partial charge is 0.303 e. The zero-order valence-corrected chi connectivity index (χ0v) is 14.7. The van der Waals surface area contributed by atoms with Gasteiger partial charge in [0.05, 0.1) is 0 Å². The van der Waals surface area contributed by atoms with Crippen molar-refractivity contribution >= 4 is 17.5 Å². The van der Waals surface area contributed by atoms with Gasteiger partial charge >= 0.3 is 5.97 Å². The van der Waals surface area contributed by atoms with Crippen LogP contribution in [0.4, 0.5) is 0 Å². The average Bonchev–Trinajstić information content (AvgIpc) is 2.89. The summed E-state index contributed by atoms with van der Waals surface area (Å²) >= 11 is 0. The third kappa shape index (κ3) is 8.23. The molecule has 0 aromatic carbocycles. The predicted molar refractivity (Wildman–Crippen MR) is 94.8 cm³/mol. The van der Waals surface area contributed by atoms with Gasteiger partial charge in [-0.1, -0.05) is 44.4 Å². The summed E-state index contributed by atoms with van der Waals surface area (Å²) in [5.74, 6) is -0.324. The normalized spacial score (nSPS) is 21.1. The molecule has 2 unspecified atom stereocenters. The van der Waals surface area contributed by atoms with Crippen molar-refractivity contribution in [3.63, 3.8) is 0 Å². The lowest BCUT2D eigenvalue weighted by atomic mass is 9.91. The van der Waals surface area contributed by atoms with E-state index in [-0.39, 0.29) is 29.8 Å². The molecule has 1 aliphatic rings. The van der Waals surface area contributed by atoms with Gasteiger partial charge in [0.2, 0.25) is 0 Å². The van der Waals surface area contributed by atoms with Gasteiger partial charge in [0.15, 0.2) is 5.78 Å². The minimum Gasteiger partial charge on any atom is -0.481 e. The standard InChI is InChI=1S/C20H30O4/c1-2-3-4-6-9-17(21)14-12-16-13-15-19(22)18(16)10-7-5-8-11-20(23)24/h5,7,12,14,16,18H,2-4,6,8-11,13,15H2,1H3,(H,23,24). The van der Waals surface area contributed by atoms with Gasteiger partial charge in [-0.3, -0.25) is 14.4 Å². The molecule has 0 bridgehead atoms. The number of carboxylic acids is 1. The van der Waals surface area contributed by atoms with Gasteiger partial charge in [-0.15, -0.1) is 0 Å². The van der Waals surface area contributed by atoms with E-state index in [0.717, 1.165) is 25.7 Å². The Hall–Kier alpha value is -1.71. The second-order valence-electron chi connectivity index (χ2n) is 6.55. The van der Waals surface area contributed by atoms with E-state index < -0.39 is 5.97 Å². The van der Waals surface area contributed by atoms with Crippen LogP contribution < -0.4 is 0 Å². The zero-order chi connectivity index (χ0) is 17.8. The van der Waals surface area contributed by atoms with E-state index in [0.29, 0.717) is 25.7 Å². The second-order valence-corrected chi connectivity index (χ2v) is 6.55. The fourth-order valence-corrected chi connectivity index (χ4v) is 3.08. The summed E-state index contributed by atoms with van der Waals surface area (Å²) in [5.41, 5.74) is 0. The summed E-state index contributed by atoms with van der Waals surface area (Å²) in [7, 11) is 0. The lowest BCUT2D eigenvalue weighted by molar-refractivity contribution is -0.137. The van der Waals surface area contributed by atoms with Gasteiger partial charge in [0.1, 0.15) is 5.78 Å². The summed E-state index contributed by atoms with van der Waals surface area (Å²) in [6.45, 7) is 2.15. The Morgan fingerprint density at radius 1 is 1.17 bits per heavy atom. The third-order valence-corrected chi connectivity index (χ3v) is 4.54. The van der Waals surface area contributed by atoms with Crippen LogP contribution in [0.3, 0.4) is 0 Å². The van der Waals surface area contributed by atoms with E-state index in [2.05, 4.69) is 6.92 Å². The van der Waals surface area contributed by atoms with Crippen molar-refractivity contribution in [3.8, 4) is 0 Å². The Kier molecular flexibility index (Phi) is 9.97. The summed E-state index contributed by atoms with van der Waals surface area (Å²) in [6, 6.07) is 0. The zero-order valence-electron chi connectivity index (χ0n) is 14.7. The Bertz CT molecular complexity index is 476. The first kappa shape index (κ1) is 20.3. The lowest BCUT2D eigenvalue weighted by Crippen LogP contribution is -2.12. The topological polar surface area (TPSA) is 71.4 Å². The minimum absolute atomic E-state index is 0.0600. The number of ketones is 2. The Morgan fingerprint density at radius 3 is 2.67 bits per heavy atom. The first-order chi connectivity index (χ1) is 11.5. The van der Waals surface area contributed by atoms with Gasteiger partial charge < -0.3 is 5.11 Å².